The fourth-order valence-corrected chi connectivity index (χ4v) is 1.99. The summed E-state index contributed by atoms with van der Waals surface area (Å²) in [6.07, 6.45) is 0. The van der Waals surface area contributed by atoms with Crippen LogP contribution in [-0.2, 0) is 4.79 Å². The third-order valence-corrected chi connectivity index (χ3v) is 3.04. The monoisotopic (exact) mass is 252 g/mol. The molecular weight excluding hydrogens is 235 g/mol. The second-order valence-corrected chi connectivity index (χ2v) is 4.25. The summed E-state index contributed by atoms with van der Waals surface area (Å²) < 4.78 is 13.0. The van der Waals surface area contributed by atoms with Crippen LogP contribution in [0.4, 0.5) is 10.2 Å². The molecule has 0 saturated carbocycles. The van der Waals surface area contributed by atoms with Crippen LogP contribution in [0.1, 0.15) is 0 Å². The van der Waals surface area contributed by atoms with E-state index in [0.717, 1.165) is 26.2 Å². The normalized spacial score (nSPS) is 16.7. The Labute approximate surface area is 106 Å². The number of rotatable bonds is 3. The van der Waals surface area contributed by atoms with Gasteiger partial charge in [-0.3, -0.25) is 9.69 Å². The number of amides is 1. The molecule has 1 aliphatic heterocycles. The number of pyridine rings is 1. The predicted octanol–water partition coefficient (Wildman–Crippen LogP) is 0.0887. The van der Waals surface area contributed by atoms with E-state index in [0.29, 0.717) is 12.4 Å². The van der Waals surface area contributed by atoms with E-state index in [1.165, 1.54) is 6.07 Å². The molecule has 1 aromatic rings. The summed E-state index contributed by atoms with van der Waals surface area (Å²) in [6.45, 7) is 3.50. The molecule has 2 heterocycles. The molecule has 1 aliphatic rings. The molecule has 18 heavy (non-hydrogen) atoms. The van der Waals surface area contributed by atoms with Gasteiger partial charge in [-0.25, -0.2) is 4.98 Å². The summed E-state index contributed by atoms with van der Waals surface area (Å²) in [7, 11) is 1.63. The molecule has 5 nitrogen and oxygen atoms in total. The first-order valence-corrected chi connectivity index (χ1v) is 5.99. The van der Waals surface area contributed by atoms with Gasteiger partial charge in [-0.1, -0.05) is 6.07 Å². The molecule has 0 radical (unpaired) electrons. The summed E-state index contributed by atoms with van der Waals surface area (Å²) in [5.41, 5.74) is 0. The molecule has 0 atom stereocenters. The summed E-state index contributed by atoms with van der Waals surface area (Å²) in [4.78, 5) is 19.2. The molecule has 0 spiro atoms. The van der Waals surface area contributed by atoms with Crippen molar-refractivity contribution < 1.29 is 9.18 Å². The molecular formula is C12H17FN4O. The van der Waals surface area contributed by atoms with Crippen LogP contribution in [0.25, 0.3) is 0 Å². The van der Waals surface area contributed by atoms with Crippen molar-refractivity contribution >= 4 is 11.7 Å². The van der Waals surface area contributed by atoms with Crippen LogP contribution in [0.2, 0.25) is 0 Å². The van der Waals surface area contributed by atoms with Crippen molar-refractivity contribution in [2.24, 2.45) is 0 Å². The lowest BCUT2D eigenvalue weighted by Gasteiger charge is -2.34. The highest BCUT2D eigenvalue weighted by molar-refractivity contribution is 5.77. The number of likely N-dealkylation sites (N-methyl/N-ethyl adjacent to an activating group) is 1. The van der Waals surface area contributed by atoms with Crippen LogP contribution in [0.3, 0.4) is 0 Å². The maximum atomic E-state index is 13.0. The smallest absolute Gasteiger partial charge is 0.233 e. The van der Waals surface area contributed by atoms with Crippen molar-refractivity contribution in [3.63, 3.8) is 0 Å². The quantitative estimate of drug-likeness (QED) is 0.775. The molecule has 1 N–H and O–H groups in total. The van der Waals surface area contributed by atoms with Crippen molar-refractivity contribution in [1.82, 2.24) is 15.2 Å². The van der Waals surface area contributed by atoms with Crippen LogP contribution in [0.5, 0.6) is 0 Å². The molecule has 98 valence electrons. The Hall–Kier alpha value is -1.69. The van der Waals surface area contributed by atoms with Crippen molar-refractivity contribution in [1.29, 1.82) is 0 Å². The molecule has 2 rings (SSSR count). The SMILES string of the molecule is CNC(=O)CN1CCN(c2cccc(F)n2)CC1. The molecule has 0 aliphatic carbocycles. The largest absolute Gasteiger partial charge is 0.358 e. The maximum absolute atomic E-state index is 13.0. The van der Waals surface area contributed by atoms with Crippen LogP contribution in [0.15, 0.2) is 18.2 Å². The summed E-state index contributed by atoms with van der Waals surface area (Å²) in [5, 5.41) is 2.61. The van der Waals surface area contributed by atoms with E-state index >= 15 is 0 Å². The number of halogens is 1. The van der Waals surface area contributed by atoms with E-state index in [9.17, 15) is 9.18 Å². The van der Waals surface area contributed by atoms with E-state index in [1.807, 2.05) is 4.90 Å². The Morgan fingerprint density at radius 2 is 2.11 bits per heavy atom. The molecule has 1 amide bonds. The molecule has 0 aromatic carbocycles. The number of aromatic nitrogens is 1. The third kappa shape index (κ3) is 3.16. The van der Waals surface area contributed by atoms with Gasteiger partial charge in [0.15, 0.2) is 0 Å². The summed E-state index contributed by atoms with van der Waals surface area (Å²) in [5.74, 6) is 0.224. The number of hydrogen-bond donors (Lipinski definition) is 1. The van der Waals surface area contributed by atoms with Crippen LogP contribution in [-0.4, -0.2) is 55.6 Å². The number of hydrogen-bond acceptors (Lipinski definition) is 4. The van der Waals surface area contributed by atoms with Gasteiger partial charge in [0, 0.05) is 33.2 Å². The molecule has 1 saturated heterocycles. The molecule has 1 fully saturated rings. The zero-order valence-electron chi connectivity index (χ0n) is 10.4. The highest BCUT2D eigenvalue weighted by atomic mass is 19.1. The third-order valence-electron chi connectivity index (χ3n) is 3.04. The maximum Gasteiger partial charge on any atom is 0.233 e. The fraction of sp³-hybridized carbons (Fsp3) is 0.500. The fourth-order valence-electron chi connectivity index (χ4n) is 1.99. The molecule has 1 aromatic heterocycles. The average molecular weight is 252 g/mol. The van der Waals surface area contributed by atoms with Gasteiger partial charge < -0.3 is 10.2 Å². The standard InChI is InChI=1S/C12H17FN4O/c1-14-12(18)9-16-5-7-17(8-6-16)11-4-2-3-10(13)15-11/h2-4H,5-9H2,1H3,(H,14,18). The van der Waals surface area contributed by atoms with Gasteiger partial charge in [0.05, 0.1) is 6.54 Å². The van der Waals surface area contributed by atoms with Gasteiger partial charge in [0.25, 0.3) is 0 Å². The number of nitrogens with one attached hydrogen (secondary N) is 1. The number of nitrogens with zero attached hydrogens (tertiary/aromatic N) is 3. The highest BCUT2D eigenvalue weighted by Crippen LogP contribution is 2.13. The van der Waals surface area contributed by atoms with Crippen molar-refractivity contribution in [3.05, 3.63) is 24.1 Å². The second-order valence-electron chi connectivity index (χ2n) is 4.25. The lowest BCUT2D eigenvalue weighted by Crippen LogP contribution is -2.49. The minimum atomic E-state index is -0.458. The van der Waals surface area contributed by atoms with E-state index in [-0.39, 0.29) is 5.91 Å². The number of piperazine rings is 1. The first-order chi connectivity index (χ1) is 8.69. The van der Waals surface area contributed by atoms with Gasteiger partial charge in [0.1, 0.15) is 5.82 Å². The minimum Gasteiger partial charge on any atom is -0.358 e. The summed E-state index contributed by atoms with van der Waals surface area (Å²) in [6, 6.07) is 4.80. The van der Waals surface area contributed by atoms with Gasteiger partial charge in [-0.05, 0) is 12.1 Å². The number of anilines is 1. The lowest BCUT2D eigenvalue weighted by molar-refractivity contribution is -0.121. The Morgan fingerprint density at radius 1 is 1.39 bits per heavy atom. The van der Waals surface area contributed by atoms with Crippen LogP contribution < -0.4 is 10.2 Å². The van der Waals surface area contributed by atoms with E-state index < -0.39 is 5.95 Å². The second kappa shape index (κ2) is 5.77. The zero-order chi connectivity index (χ0) is 13.0. The first-order valence-electron chi connectivity index (χ1n) is 5.99. The van der Waals surface area contributed by atoms with Crippen LogP contribution >= 0.6 is 0 Å². The van der Waals surface area contributed by atoms with Gasteiger partial charge in [-0.15, -0.1) is 0 Å². The zero-order valence-corrected chi connectivity index (χ0v) is 10.4. The van der Waals surface area contributed by atoms with Crippen molar-refractivity contribution in [2.75, 3.05) is 44.7 Å². The van der Waals surface area contributed by atoms with E-state index in [1.54, 1.807) is 19.2 Å². The Kier molecular flexibility index (Phi) is 4.09. The van der Waals surface area contributed by atoms with Gasteiger partial charge in [0.2, 0.25) is 11.9 Å². The Morgan fingerprint density at radius 3 is 2.72 bits per heavy atom. The van der Waals surface area contributed by atoms with Gasteiger partial charge in [-0.2, -0.15) is 4.39 Å². The van der Waals surface area contributed by atoms with E-state index in [4.69, 9.17) is 0 Å². The minimum absolute atomic E-state index is 0.0207. The van der Waals surface area contributed by atoms with Crippen molar-refractivity contribution in [2.45, 2.75) is 0 Å². The van der Waals surface area contributed by atoms with E-state index in [2.05, 4.69) is 15.2 Å². The predicted molar refractivity (Wildman–Crippen MR) is 66.9 cm³/mol. The molecule has 0 unspecified atom stereocenters. The molecule has 0 bridgehead atoms. The van der Waals surface area contributed by atoms with Gasteiger partial charge >= 0.3 is 0 Å². The Bertz CT molecular complexity index is 418. The average Bonchev–Trinajstić information content (AvgIpc) is 2.39. The number of carbonyl (C=O) groups excluding carboxylic acids is 1. The van der Waals surface area contributed by atoms with Crippen LogP contribution in [0, 0.1) is 5.95 Å². The summed E-state index contributed by atoms with van der Waals surface area (Å²) >= 11 is 0. The topological polar surface area (TPSA) is 48.5 Å². The van der Waals surface area contributed by atoms with Crippen molar-refractivity contribution in [3.8, 4) is 0 Å². The highest BCUT2D eigenvalue weighted by Gasteiger charge is 2.19. The first kappa shape index (κ1) is 12.8. The lowest BCUT2D eigenvalue weighted by atomic mass is 10.3. The Balaban J connectivity index is 1.88. The molecule has 6 heteroatoms. The number of carbonyl (C=O) groups is 1.